The highest BCUT2D eigenvalue weighted by Crippen LogP contribution is 2.46. The Morgan fingerprint density at radius 3 is 2.68 bits per heavy atom. The Bertz CT molecular complexity index is 848. The first-order valence-corrected chi connectivity index (χ1v) is 9.25. The van der Waals surface area contributed by atoms with Gasteiger partial charge >= 0.3 is 6.09 Å². The van der Waals surface area contributed by atoms with Gasteiger partial charge in [-0.2, -0.15) is 0 Å². The fraction of sp³-hybridized carbons (Fsp3) is 0.476. The number of benzene rings is 2. The van der Waals surface area contributed by atoms with Crippen LogP contribution < -0.4 is 10.1 Å². The van der Waals surface area contributed by atoms with Crippen LogP contribution in [0.25, 0.3) is 10.8 Å². The molecule has 2 aromatic carbocycles. The summed E-state index contributed by atoms with van der Waals surface area (Å²) in [6.07, 6.45) is 5.36. The molecule has 25 heavy (non-hydrogen) atoms. The van der Waals surface area contributed by atoms with Gasteiger partial charge in [-0.05, 0) is 79.0 Å². The molecule has 1 N–H and O–H groups in total. The summed E-state index contributed by atoms with van der Waals surface area (Å²) in [6, 6.07) is 12.6. The van der Waals surface area contributed by atoms with E-state index in [0.29, 0.717) is 12.7 Å². The van der Waals surface area contributed by atoms with Crippen molar-refractivity contribution in [2.75, 3.05) is 6.61 Å². The third kappa shape index (κ3) is 2.55. The fourth-order valence-electron chi connectivity index (χ4n) is 4.81. The quantitative estimate of drug-likeness (QED) is 0.905. The first-order chi connectivity index (χ1) is 12.1. The van der Waals surface area contributed by atoms with Crippen molar-refractivity contribution in [3.05, 3.63) is 42.0 Å². The molecule has 4 atom stereocenters. The SMILES string of the molecule is CC1(c2ccc3cc(O[C@@H]4C[C@@H]5CC[C@H]4C5)ccc3c2)COC(=O)N1. The van der Waals surface area contributed by atoms with Crippen LogP contribution in [0.15, 0.2) is 36.4 Å². The largest absolute Gasteiger partial charge is 0.490 e. The maximum atomic E-state index is 11.4. The van der Waals surface area contributed by atoms with Gasteiger partial charge in [0.25, 0.3) is 0 Å². The van der Waals surface area contributed by atoms with E-state index in [9.17, 15) is 4.79 Å². The standard InChI is InChI=1S/C21H23NO3/c1-21(12-24-20(23)22-21)17-6-4-15-11-18(7-5-14(15)10-17)25-19-9-13-2-3-16(19)8-13/h4-7,10-11,13,16,19H,2-3,8-9,12H2,1H3,(H,22,23)/t13-,16+,19-,21?/m1/s1. The minimum atomic E-state index is -0.455. The predicted molar refractivity (Wildman–Crippen MR) is 95.6 cm³/mol. The van der Waals surface area contributed by atoms with Crippen molar-refractivity contribution in [2.24, 2.45) is 11.8 Å². The molecule has 3 fully saturated rings. The number of rotatable bonds is 3. The lowest BCUT2D eigenvalue weighted by atomic mass is 9.91. The van der Waals surface area contributed by atoms with E-state index in [1.165, 1.54) is 31.1 Å². The normalized spacial score (nSPS) is 33.5. The number of alkyl carbamates (subject to hydrolysis) is 1. The highest BCUT2D eigenvalue weighted by Gasteiger charge is 2.41. The molecule has 2 saturated carbocycles. The third-order valence-corrected chi connectivity index (χ3v) is 6.28. The second-order valence-corrected chi connectivity index (χ2v) is 8.09. The summed E-state index contributed by atoms with van der Waals surface area (Å²) in [6.45, 7) is 2.36. The zero-order chi connectivity index (χ0) is 17.0. The van der Waals surface area contributed by atoms with Gasteiger partial charge < -0.3 is 14.8 Å². The number of nitrogens with one attached hydrogen (secondary N) is 1. The molecule has 3 aliphatic rings. The van der Waals surface area contributed by atoms with Crippen molar-refractivity contribution in [2.45, 2.75) is 44.2 Å². The Kier molecular flexibility index (Phi) is 3.24. The van der Waals surface area contributed by atoms with E-state index in [1.807, 2.05) is 6.92 Å². The molecular weight excluding hydrogens is 314 g/mol. The molecule has 2 aromatic rings. The van der Waals surface area contributed by atoms with Crippen molar-refractivity contribution < 1.29 is 14.3 Å². The van der Waals surface area contributed by atoms with E-state index in [4.69, 9.17) is 9.47 Å². The summed E-state index contributed by atoms with van der Waals surface area (Å²) in [5, 5.41) is 5.22. The monoisotopic (exact) mass is 337 g/mol. The average Bonchev–Trinajstić information content (AvgIpc) is 3.31. The van der Waals surface area contributed by atoms with Crippen LogP contribution in [-0.2, 0) is 10.3 Å². The molecule has 2 aliphatic carbocycles. The van der Waals surface area contributed by atoms with Crippen molar-refractivity contribution >= 4 is 16.9 Å². The maximum absolute atomic E-state index is 11.4. The highest BCUT2D eigenvalue weighted by atomic mass is 16.6. The van der Waals surface area contributed by atoms with Gasteiger partial charge in [-0.15, -0.1) is 0 Å². The van der Waals surface area contributed by atoms with Crippen LogP contribution >= 0.6 is 0 Å². The Balaban J connectivity index is 1.40. The molecule has 130 valence electrons. The number of amides is 1. The van der Waals surface area contributed by atoms with Gasteiger partial charge in [-0.3, -0.25) is 0 Å². The predicted octanol–water partition coefficient (Wildman–Crippen LogP) is 4.36. The van der Waals surface area contributed by atoms with Gasteiger partial charge in [0.2, 0.25) is 0 Å². The number of carbonyl (C=O) groups excluding carboxylic acids is 1. The zero-order valence-corrected chi connectivity index (χ0v) is 14.5. The number of hydrogen-bond acceptors (Lipinski definition) is 3. The third-order valence-electron chi connectivity index (χ3n) is 6.28. The molecule has 1 saturated heterocycles. The molecule has 1 heterocycles. The van der Waals surface area contributed by atoms with E-state index in [1.54, 1.807) is 0 Å². The summed E-state index contributed by atoms with van der Waals surface area (Å²) in [5.41, 5.74) is 0.608. The van der Waals surface area contributed by atoms with Gasteiger partial charge in [0, 0.05) is 0 Å². The topological polar surface area (TPSA) is 47.6 Å². The van der Waals surface area contributed by atoms with E-state index in [2.05, 4.69) is 41.7 Å². The van der Waals surface area contributed by atoms with Crippen LogP contribution in [0, 0.1) is 11.8 Å². The van der Waals surface area contributed by atoms with E-state index in [0.717, 1.165) is 28.5 Å². The lowest BCUT2D eigenvalue weighted by Gasteiger charge is -2.24. The molecule has 4 heteroatoms. The minimum Gasteiger partial charge on any atom is -0.490 e. The molecule has 1 unspecified atom stereocenters. The van der Waals surface area contributed by atoms with E-state index < -0.39 is 5.54 Å². The van der Waals surface area contributed by atoms with Crippen LogP contribution in [-0.4, -0.2) is 18.8 Å². The number of carbonyl (C=O) groups is 1. The van der Waals surface area contributed by atoms with Crippen molar-refractivity contribution in [1.29, 1.82) is 0 Å². The van der Waals surface area contributed by atoms with Gasteiger partial charge in [-0.1, -0.05) is 18.2 Å². The van der Waals surface area contributed by atoms with Crippen LogP contribution in [0.1, 0.15) is 38.2 Å². The number of fused-ring (bicyclic) bond motifs is 3. The van der Waals surface area contributed by atoms with E-state index >= 15 is 0 Å². The summed E-state index contributed by atoms with van der Waals surface area (Å²) in [7, 11) is 0. The lowest BCUT2D eigenvalue weighted by molar-refractivity contribution is 0.138. The smallest absolute Gasteiger partial charge is 0.408 e. The molecule has 4 nitrogen and oxygen atoms in total. The second-order valence-electron chi connectivity index (χ2n) is 8.09. The number of hydrogen-bond donors (Lipinski definition) is 1. The Morgan fingerprint density at radius 2 is 1.96 bits per heavy atom. The van der Waals surface area contributed by atoms with Crippen molar-refractivity contribution in [1.82, 2.24) is 5.32 Å². The summed E-state index contributed by atoms with van der Waals surface area (Å²) in [5.74, 6) is 2.62. The van der Waals surface area contributed by atoms with Crippen molar-refractivity contribution in [3.8, 4) is 5.75 Å². The first kappa shape index (κ1) is 15.1. The summed E-state index contributed by atoms with van der Waals surface area (Å²) >= 11 is 0. The summed E-state index contributed by atoms with van der Waals surface area (Å²) < 4.78 is 11.4. The van der Waals surface area contributed by atoms with Gasteiger partial charge in [-0.25, -0.2) is 4.79 Å². The first-order valence-electron chi connectivity index (χ1n) is 9.25. The average molecular weight is 337 g/mol. The highest BCUT2D eigenvalue weighted by molar-refractivity contribution is 5.85. The van der Waals surface area contributed by atoms with Crippen LogP contribution in [0.3, 0.4) is 0 Å². The van der Waals surface area contributed by atoms with Crippen molar-refractivity contribution in [3.63, 3.8) is 0 Å². The minimum absolute atomic E-state index is 0.350. The van der Waals surface area contributed by atoms with Crippen LogP contribution in [0.2, 0.25) is 0 Å². The lowest BCUT2D eigenvalue weighted by Crippen LogP contribution is -2.37. The van der Waals surface area contributed by atoms with Crippen LogP contribution in [0.4, 0.5) is 4.79 Å². The maximum Gasteiger partial charge on any atom is 0.408 e. The Labute approximate surface area is 147 Å². The molecular formula is C21H23NO3. The Morgan fingerprint density at radius 1 is 1.12 bits per heavy atom. The Hall–Kier alpha value is -2.23. The molecule has 0 spiro atoms. The van der Waals surface area contributed by atoms with Gasteiger partial charge in [0.15, 0.2) is 0 Å². The fourth-order valence-corrected chi connectivity index (χ4v) is 4.81. The number of ether oxygens (including phenoxy) is 2. The molecule has 0 aromatic heterocycles. The summed E-state index contributed by atoms with van der Waals surface area (Å²) in [4.78, 5) is 11.4. The van der Waals surface area contributed by atoms with E-state index in [-0.39, 0.29) is 6.09 Å². The van der Waals surface area contributed by atoms with Gasteiger partial charge in [0.1, 0.15) is 18.5 Å². The molecule has 5 rings (SSSR count). The zero-order valence-electron chi connectivity index (χ0n) is 14.5. The molecule has 1 amide bonds. The molecule has 2 bridgehead atoms. The molecule has 1 aliphatic heterocycles. The van der Waals surface area contributed by atoms with Crippen LogP contribution in [0.5, 0.6) is 5.75 Å². The molecule has 0 radical (unpaired) electrons. The number of cyclic esters (lactones) is 1. The second kappa shape index (κ2) is 5.38. The van der Waals surface area contributed by atoms with Gasteiger partial charge in [0.05, 0.1) is 5.54 Å².